The Morgan fingerprint density at radius 1 is 0.963 bits per heavy atom. The lowest BCUT2D eigenvalue weighted by Gasteiger charge is -2.35. The number of carbonyl (C=O) groups excluding carboxylic acids is 2. The Kier molecular flexibility index (Phi) is 7.20. The molecule has 3 rings (SSSR count). The van der Waals surface area contributed by atoms with Crippen LogP contribution in [0.4, 0.5) is 0 Å². The molecule has 0 saturated carbocycles. The number of piperazine rings is 1. The highest BCUT2D eigenvalue weighted by Crippen LogP contribution is 2.14. The minimum absolute atomic E-state index is 0.0898. The Bertz CT molecular complexity index is 608. The van der Waals surface area contributed by atoms with Gasteiger partial charge in [-0.1, -0.05) is 30.3 Å². The Hall–Kier alpha value is -1.96. The van der Waals surface area contributed by atoms with Crippen LogP contribution in [0.25, 0.3) is 0 Å². The number of amides is 2. The zero-order valence-electron chi connectivity index (χ0n) is 16.0. The van der Waals surface area contributed by atoms with Crippen molar-refractivity contribution in [3.05, 3.63) is 35.9 Å². The van der Waals surface area contributed by atoms with Crippen molar-refractivity contribution >= 4 is 11.8 Å². The minimum atomic E-state index is -0.455. The average Bonchev–Trinajstić information content (AvgIpc) is 2.70. The second kappa shape index (κ2) is 9.82. The predicted molar refractivity (Wildman–Crippen MR) is 105 cm³/mol. The molecular weight excluding hydrogens is 342 g/mol. The van der Waals surface area contributed by atoms with Crippen LogP contribution >= 0.6 is 0 Å². The molecule has 148 valence electrons. The van der Waals surface area contributed by atoms with Crippen molar-refractivity contribution in [2.75, 3.05) is 52.4 Å². The average molecular weight is 374 g/mol. The molecule has 7 heteroatoms. The van der Waals surface area contributed by atoms with Gasteiger partial charge in [-0.05, 0) is 18.4 Å². The first kappa shape index (κ1) is 19.8. The zero-order valence-corrected chi connectivity index (χ0v) is 16.0. The van der Waals surface area contributed by atoms with Gasteiger partial charge in [0.05, 0.1) is 0 Å². The third-order valence-electron chi connectivity index (χ3n) is 5.47. The van der Waals surface area contributed by atoms with Crippen LogP contribution in [0.3, 0.4) is 0 Å². The van der Waals surface area contributed by atoms with Crippen molar-refractivity contribution in [2.24, 2.45) is 5.73 Å². The first-order chi connectivity index (χ1) is 13.2. The lowest BCUT2D eigenvalue weighted by Crippen LogP contribution is -2.55. The molecule has 0 aromatic heterocycles. The van der Waals surface area contributed by atoms with E-state index in [0.29, 0.717) is 19.6 Å². The van der Waals surface area contributed by atoms with Gasteiger partial charge in [0.2, 0.25) is 0 Å². The fourth-order valence-corrected chi connectivity index (χ4v) is 3.82. The summed E-state index contributed by atoms with van der Waals surface area (Å²) in [6.45, 7) is 7.05. The quantitative estimate of drug-likeness (QED) is 0.703. The van der Waals surface area contributed by atoms with Gasteiger partial charge >= 0.3 is 11.8 Å². The van der Waals surface area contributed by atoms with Gasteiger partial charge in [-0.3, -0.25) is 19.4 Å². The third-order valence-corrected chi connectivity index (χ3v) is 5.47. The Morgan fingerprint density at radius 3 is 2.26 bits per heavy atom. The summed E-state index contributed by atoms with van der Waals surface area (Å²) < 4.78 is 0. The Balaban J connectivity index is 1.38. The highest BCUT2D eigenvalue weighted by Gasteiger charge is 2.28. The maximum atomic E-state index is 12.4. The molecule has 2 saturated heterocycles. The van der Waals surface area contributed by atoms with Crippen LogP contribution < -0.4 is 11.1 Å². The van der Waals surface area contributed by atoms with E-state index in [1.165, 1.54) is 5.56 Å². The largest absolute Gasteiger partial charge is 0.345 e. The lowest BCUT2D eigenvalue weighted by atomic mass is 10.0. The van der Waals surface area contributed by atoms with E-state index in [1.807, 2.05) is 6.07 Å². The molecule has 1 aromatic carbocycles. The van der Waals surface area contributed by atoms with Crippen molar-refractivity contribution in [1.82, 2.24) is 20.0 Å². The molecule has 2 aliphatic rings. The summed E-state index contributed by atoms with van der Waals surface area (Å²) in [5.74, 6) is -0.849. The first-order valence-corrected chi connectivity index (χ1v) is 9.94. The number of carbonyl (C=O) groups is 2. The van der Waals surface area contributed by atoms with Gasteiger partial charge in [-0.25, -0.2) is 0 Å². The molecule has 2 fully saturated rings. The molecular formula is C20H31N5O2. The smallest absolute Gasteiger partial charge is 0.311 e. The number of likely N-dealkylation sites (tertiary alicyclic amines) is 1. The molecule has 2 heterocycles. The number of benzene rings is 1. The number of nitrogens with zero attached hydrogens (tertiary/aromatic N) is 3. The summed E-state index contributed by atoms with van der Waals surface area (Å²) in [5.41, 5.74) is 6.88. The molecule has 0 unspecified atom stereocenters. The van der Waals surface area contributed by atoms with Crippen LogP contribution in [0.1, 0.15) is 18.4 Å². The molecule has 1 aromatic rings. The van der Waals surface area contributed by atoms with Gasteiger partial charge in [0, 0.05) is 64.9 Å². The number of hydrogen-bond acceptors (Lipinski definition) is 5. The topological polar surface area (TPSA) is 81.9 Å². The van der Waals surface area contributed by atoms with Crippen molar-refractivity contribution in [2.45, 2.75) is 25.4 Å². The van der Waals surface area contributed by atoms with E-state index in [4.69, 9.17) is 5.73 Å². The lowest BCUT2D eigenvalue weighted by molar-refractivity contribution is -0.147. The normalized spacial score (nSPS) is 19.8. The second-order valence-electron chi connectivity index (χ2n) is 7.43. The molecule has 27 heavy (non-hydrogen) atoms. The molecule has 3 N–H and O–H groups in total. The summed E-state index contributed by atoms with van der Waals surface area (Å²) >= 11 is 0. The van der Waals surface area contributed by atoms with Crippen LogP contribution in [0.15, 0.2) is 30.3 Å². The molecule has 0 atom stereocenters. The van der Waals surface area contributed by atoms with Gasteiger partial charge in [0.15, 0.2) is 0 Å². The van der Waals surface area contributed by atoms with E-state index in [9.17, 15) is 9.59 Å². The molecule has 0 spiro atoms. The highest BCUT2D eigenvalue weighted by atomic mass is 16.2. The van der Waals surface area contributed by atoms with E-state index >= 15 is 0 Å². The first-order valence-electron chi connectivity index (χ1n) is 9.94. The number of rotatable bonds is 5. The monoisotopic (exact) mass is 373 g/mol. The molecule has 0 aliphatic carbocycles. The summed E-state index contributed by atoms with van der Waals surface area (Å²) in [6, 6.07) is 10.5. The van der Waals surface area contributed by atoms with E-state index in [0.717, 1.165) is 52.1 Å². The van der Waals surface area contributed by atoms with E-state index in [-0.39, 0.29) is 6.04 Å². The minimum Gasteiger partial charge on any atom is -0.345 e. The van der Waals surface area contributed by atoms with Crippen molar-refractivity contribution < 1.29 is 9.59 Å². The number of piperidine rings is 1. The van der Waals surface area contributed by atoms with Gasteiger partial charge < -0.3 is 16.0 Å². The maximum Gasteiger partial charge on any atom is 0.311 e. The molecule has 2 aliphatic heterocycles. The molecule has 0 radical (unpaired) electrons. The third kappa shape index (κ3) is 5.76. The van der Waals surface area contributed by atoms with Crippen LogP contribution in [0.2, 0.25) is 0 Å². The van der Waals surface area contributed by atoms with Crippen molar-refractivity contribution in [3.63, 3.8) is 0 Å². The van der Waals surface area contributed by atoms with E-state index < -0.39 is 11.8 Å². The SMILES string of the molecule is NCCN1CCN(C(=O)C(=O)NC2CCN(Cc3ccccc3)CC2)CC1. The second-order valence-corrected chi connectivity index (χ2v) is 7.43. The fraction of sp³-hybridized carbons (Fsp3) is 0.600. The zero-order chi connectivity index (χ0) is 19.1. The van der Waals surface area contributed by atoms with Crippen LogP contribution in [-0.4, -0.2) is 84.9 Å². The van der Waals surface area contributed by atoms with Crippen molar-refractivity contribution in [1.29, 1.82) is 0 Å². The van der Waals surface area contributed by atoms with Gasteiger partial charge in [-0.2, -0.15) is 0 Å². The summed E-state index contributed by atoms with van der Waals surface area (Å²) in [4.78, 5) is 31.0. The van der Waals surface area contributed by atoms with Crippen LogP contribution in [0.5, 0.6) is 0 Å². The summed E-state index contributed by atoms with van der Waals surface area (Å²) in [7, 11) is 0. The fourth-order valence-electron chi connectivity index (χ4n) is 3.82. The Morgan fingerprint density at radius 2 is 1.63 bits per heavy atom. The van der Waals surface area contributed by atoms with E-state index in [1.54, 1.807) is 4.90 Å². The van der Waals surface area contributed by atoms with E-state index in [2.05, 4.69) is 39.4 Å². The van der Waals surface area contributed by atoms with Gasteiger partial charge in [-0.15, -0.1) is 0 Å². The molecule has 2 amide bonds. The van der Waals surface area contributed by atoms with Gasteiger partial charge in [0.1, 0.15) is 0 Å². The molecule has 0 bridgehead atoms. The standard InChI is InChI=1S/C20H31N5O2/c21-8-11-23-12-14-25(15-13-23)20(27)19(26)22-18-6-9-24(10-7-18)16-17-4-2-1-3-5-17/h1-5,18H,6-16,21H2,(H,22,26). The highest BCUT2D eigenvalue weighted by molar-refractivity contribution is 6.35. The Labute approximate surface area is 161 Å². The maximum absolute atomic E-state index is 12.4. The van der Waals surface area contributed by atoms with Crippen molar-refractivity contribution in [3.8, 4) is 0 Å². The van der Waals surface area contributed by atoms with Crippen LogP contribution in [0, 0.1) is 0 Å². The number of nitrogens with one attached hydrogen (secondary N) is 1. The molecule has 7 nitrogen and oxygen atoms in total. The summed E-state index contributed by atoms with van der Waals surface area (Å²) in [6.07, 6.45) is 1.77. The summed E-state index contributed by atoms with van der Waals surface area (Å²) in [5, 5.41) is 2.95. The van der Waals surface area contributed by atoms with Crippen LogP contribution in [-0.2, 0) is 16.1 Å². The number of nitrogens with two attached hydrogens (primary N) is 1. The number of hydrogen-bond donors (Lipinski definition) is 2. The van der Waals surface area contributed by atoms with Gasteiger partial charge in [0.25, 0.3) is 0 Å². The predicted octanol–water partition coefficient (Wildman–Crippen LogP) is -0.130.